The quantitative estimate of drug-likeness (QED) is 0.714. The molecule has 2 amide bonds. The Hall–Kier alpha value is -2.95. The van der Waals surface area contributed by atoms with Crippen LogP contribution in [-0.2, 0) is 9.59 Å². The van der Waals surface area contributed by atoms with Gasteiger partial charge >= 0.3 is 0 Å². The Bertz CT molecular complexity index is 799. The van der Waals surface area contributed by atoms with Crippen LogP contribution in [0.15, 0.2) is 18.2 Å². The fourth-order valence-electron chi connectivity index (χ4n) is 4.44. The summed E-state index contributed by atoms with van der Waals surface area (Å²) in [5.74, 6) is 0.654. The lowest BCUT2D eigenvalue weighted by atomic mass is 9.77. The lowest BCUT2D eigenvalue weighted by Gasteiger charge is -2.39. The zero-order valence-electron chi connectivity index (χ0n) is 17.7. The Morgan fingerprint density at radius 3 is 2.37 bits per heavy atom. The minimum absolute atomic E-state index is 0.0136. The topological polar surface area (TPSA) is 94.9 Å². The molecule has 0 unspecified atom stereocenters. The Labute approximate surface area is 177 Å². The van der Waals surface area contributed by atoms with E-state index in [4.69, 9.17) is 14.7 Å². The summed E-state index contributed by atoms with van der Waals surface area (Å²) in [4.78, 5) is 29.7. The molecule has 30 heavy (non-hydrogen) atoms. The van der Waals surface area contributed by atoms with Gasteiger partial charge in [0.05, 0.1) is 20.3 Å². The normalized spacial score (nSPS) is 21.5. The van der Waals surface area contributed by atoms with Crippen molar-refractivity contribution in [1.82, 2.24) is 10.2 Å². The summed E-state index contributed by atoms with van der Waals surface area (Å²) in [6.07, 6.45) is 3.35. The first-order valence-corrected chi connectivity index (χ1v) is 10.5. The lowest BCUT2D eigenvalue weighted by Crippen LogP contribution is -2.52. The number of hydrogen-bond acceptors (Lipinski definition) is 6. The number of nitrogens with zero attached hydrogens (tertiary/aromatic N) is 3. The zero-order valence-corrected chi connectivity index (χ0v) is 17.7. The Balaban J connectivity index is 1.62. The molecule has 1 aliphatic heterocycles. The van der Waals surface area contributed by atoms with Crippen molar-refractivity contribution in [3.63, 3.8) is 0 Å². The molecule has 1 aromatic rings. The summed E-state index contributed by atoms with van der Waals surface area (Å²) in [5.41, 5.74) is 1.03. The van der Waals surface area contributed by atoms with Crippen LogP contribution in [0.3, 0.4) is 0 Å². The van der Waals surface area contributed by atoms with Crippen LogP contribution >= 0.6 is 0 Å². The van der Waals surface area contributed by atoms with E-state index in [1.54, 1.807) is 14.2 Å². The molecular formula is C22H30N4O4. The van der Waals surface area contributed by atoms with E-state index >= 15 is 0 Å². The Morgan fingerprint density at radius 1 is 1.07 bits per heavy atom. The van der Waals surface area contributed by atoms with Crippen molar-refractivity contribution in [1.29, 1.82) is 5.26 Å². The van der Waals surface area contributed by atoms with Crippen molar-refractivity contribution in [2.24, 2.45) is 11.8 Å². The average molecular weight is 415 g/mol. The second kappa shape index (κ2) is 10.2. The van der Waals surface area contributed by atoms with Crippen molar-refractivity contribution in [3.8, 4) is 17.6 Å². The predicted molar refractivity (Wildman–Crippen MR) is 112 cm³/mol. The van der Waals surface area contributed by atoms with Gasteiger partial charge in [0.15, 0.2) is 11.5 Å². The number of benzene rings is 1. The van der Waals surface area contributed by atoms with Crippen LogP contribution in [0.25, 0.3) is 0 Å². The zero-order chi connectivity index (χ0) is 21.5. The van der Waals surface area contributed by atoms with Crippen LogP contribution in [0.5, 0.6) is 11.5 Å². The van der Waals surface area contributed by atoms with E-state index in [0.29, 0.717) is 31.0 Å². The van der Waals surface area contributed by atoms with Crippen molar-refractivity contribution in [2.75, 3.05) is 51.8 Å². The van der Waals surface area contributed by atoms with Gasteiger partial charge in [-0.2, -0.15) is 5.26 Å². The number of amides is 2. The van der Waals surface area contributed by atoms with Crippen molar-refractivity contribution in [2.45, 2.75) is 25.7 Å². The van der Waals surface area contributed by atoms with E-state index in [9.17, 15) is 9.59 Å². The van der Waals surface area contributed by atoms with E-state index in [2.05, 4.69) is 10.2 Å². The number of rotatable bonds is 6. The number of piperazine rings is 1. The molecule has 1 aliphatic carbocycles. The second-order valence-electron chi connectivity index (χ2n) is 7.72. The Morgan fingerprint density at radius 2 is 1.73 bits per heavy atom. The molecule has 1 saturated heterocycles. The molecule has 8 heteroatoms. The molecule has 1 heterocycles. The third-order valence-electron chi connectivity index (χ3n) is 6.09. The molecule has 162 valence electrons. The lowest BCUT2D eigenvalue weighted by molar-refractivity contribution is -0.143. The van der Waals surface area contributed by atoms with Gasteiger partial charge in [-0.15, -0.1) is 0 Å². The summed E-state index contributed by atoms with van der Waals surface area (Å²) in [6.45, 7) is 2.67. The first-order valence-electron chi connectivity index (χ1n) is 10.5. The number of carbonyl (C=O) groups is 2. The van der Waals surface area contributed by atoms with E-state index < -0.39 is 0 Å². The highest BCUT2D eigenvalue weighted by Crippen LogP contribution is 2.34. The maximum Gasteiger partial charge on any atom is 0.226 e. The molecule has 1 aromatic carbocycles. The molecule has 2 aliphatic rings. The van der Waals surface area contributed by atoms with E-state index in [1.165, 1.54) is 0 Å². The molecule has 3 rings (SSSR count). The molecule has 0 spiro atoms. The SMILES string of the molecule is COc1ccc(N2CCN(C(=O)[C@@H]3CCCC[C@H]3C(=O)NCC#N)CC2)cc1OC. The molecule has 2 fully saturated rings. The average Bonchev–Trinajstić information content (AvgIpc) is 2.81. The van der Waals surface area contributed by atoms with Crippen LogP contribution in [0.2, 0.25) is 0 Å². The first-order chi connectivity index (χ1) is 14.6. The monoisotopic (exact) mass is 414 g/mol. The number of carbonyl (C=O) groups excluding carboxylic acids is 2. The molecule has 0 bridgehead atoms. The fourth-order valence-corrected chi connectivity index (χ4v) is 4.44. The van der Waals surface area contributed by atoms with Gasteiger partial charge in [-0.05, 0) is 25.0 Å². The fraction of sp³-hybridized carbons (Fsp3) is 0.591. The van der Waals surface area contributed by atoms with Crippen LogP contribution in [0, 0.1) is 23.2 Å². The van der Waals surface area contributed by atoms with Crippen molar-refractivity contribution < 1.29 is 19.1 Å². The van der Waals surface area contributed by atoms with Gasteiger partial charge in [0.1, 0.15) is 6.54 Å². The Kier molecular flexibility index (Phi) is 7.39. The maximum atomic E-state index is 13.2. The number of anilines is 1. The largest absolute Gasteiger partial charge is 0.493 e. The van der Waals surface area contributed by atoms with Gasteiger partial charge in [-0.3, -0.25) is 9.59 Å². The molecule has 8 nitrogen and oxygen atoms in total. The highest BCUT2D eigenvalue weighted by atomic mass is 16.5. The standard InChI is InChI=1S/C22H30N4O4/c1-29-19-8-7-16(15-20(19)30-2)25-11-13-26(14-12-25)22(28)18-6-4-3-5-17(18)21(27)24-10-9-23/h7-8,15,17-18H,3-6,10-14H2,1-2H3,(H,24,27)/t17-,18-/m1/s1. The smallest absolute Gasteiger partial charge is 0.226 e. The molecule has 2 atom stereocenters. The maximum absolute atomic E-state index is 13.2. The van der Waals surface area contributed by atoms with Gasteiger partial charge in [-0.1, -0.05) is 12.8 Å². The summed E-state index contributed by atoms with van der Waals surface area (Å²) in [6, 6.07) is 7.77. The van der Waals surface area contributed by atoms with Gasteiger partial charge in [0.25, 0.3) is 0 Å². The summed E-state index contributed by atoms with van der Waals surface area (Å²) >= 11 is 0. The molecule has 0 radical (unpaired) electrons. The van der Waals surface area contributed by atoms with Gasteiger partial charge in [0.2, 0.25) is 11.8 Å². The number of nitrogens with one attached hydrogen (secondary N) is 1. The van der Waals surface area contributed by atoms with Crippen molar-refractivity contribution >= 4 is 17.5 Å². The van der Waals surface area contributed by atoms with Gasteiger partial charge < -0.3 is 24.6 Å². The van der Waals surface area contributed by atoms with Crippen LogP contribution < -0.4 is 19.7 Å². The molecular weight excluding hydrogens is 384 g/mol. The minimum Gasteiger partial charge on any atom is -0.493 e. The van der Waals surface area contributed by atoms with Crippen LogP contribution in [-0.4, -0.2) is 63.7 Å². The summed E-state index contributed by atoms with van der Waals surface area (Å²) < 4.78 is 10.7. The van der Waals surface area contributed by atoms with Gasteiger partial charge in [0, 0.05) is 49.8 Å². The highest BCUT2D eigenvalue weighted by Gasteiger charge is 2.38. The molecule has 0 aromatic heterocycles. The van der Waals surface area contributed by atoms with Gasteiger partial charge in [-0.25, -0.2) is 0 Å². The van der Waals surface area contributed by atoms with Crippen LogP contribution in [0.1, 0.15) is 25.7 Å². The minimum atomic E-state index is -0.330. The number of methoxy groups -OCH3 is 2. The summed E-state index contributed by atoms with van der Waals surface area (Å²) in [5, 5.41) is 11.4. The predicted octanol–water partition coefficient (Wildman–Crippen LogP) is 1.80. The first kappa shape index (κ1) is 21.8. The van der Waals surface area contributed by atoms with E-state index in [1.807, 2.05) is 29.2 Å². The van der Waals surface area contributed by atoms with Crippen molar-refractivity contribution in [3.05, 3.63) is 18.2 Å². The van der Waals surface area contributed by atoms with E-state index in [-0.39, 0.29) is 30.2 Å². The summed E-state index contributed by atoms with van der Waals surface area (Å²) in [7, 11) is 3.23. The van der Waals surface area contributed by atoms with Crippen LogP contribution in [0.4, 0.5) is 5.69 Å². The van der Waals surface area contributed by atoms with E-state index in [0.717, 1.165) is 38.0 Å². The third-order valence-corrected chi connectivity index (χ3v) is 6.09. The number of hydrogen-bond donors (Lipinski definition) is 1. The third kappa shape index (κ3) is 4.78. The number of ether oxygens (including phenoxy) is 2. The second-order valence-corrected chi connectivity index (χ2v) is 7.72. The molecule has 1 N–H and O–H groups in total. The number of nitriles is 1. The molecule has 1 saturated carbocycles. The highest BCUT2D eigenvalue weighted by molar-refractivity contribution is 5.88.